The first-order valence-corrected chi connectivity index (χ1v) is 8.60. The molecule has 0 aliphatic rings. The van der Waals surface area contributed by atoms with Gasteiger partial charge in [-0.2, -0.15) is 0 Å². The summed E-state index contributed by atoms with van der Waals surface area (Å²) in [6.45, 7) is 7.98. The zero-order valence-corrected chi connectivity index (χ0v) is 14.6. The Bertz CT molecular complexity index is 738. The van der Waals surface area contributed by atoms with Gasteiger partial charge in [0.2, 0.25) is 5.91 Å². The summed E-state index contributed by atoms with van der Waals surface area (Å²) in [6.07, 6.45) is 2.19. The van der Waals surface area contributed by atoms with Crippen LogP contribution in [0.5, 0.6) is 0 Å². The third-order valence-electron chi connectivity index (χ3n) is 3.36. The van der Waals surface area contributed by atoms with E-state index in [1.807, 2.05) is 11.5 Å². The lowest BCUT2D eigenvalue weighted by atomic mass is 10.1. The summed E-state index contributed by atoms with van der Waals surface area (Å²) >= 11 is 1.35. The summed E-state index contributed by atoms with van der Waals surface area (Å²) in [5, 5.41) is 11.6. The monoisotopic (exact) mass is 344 g/mol. The molecule has 0 radical (unpaired) electrons. The minimum absolute atomic E-state index is 0.000765. The van der Waals surface area contributed by atoms with Gasteiger partial charge in [0.05, 0.1) is 5.75 Å². The van der Waals surface area contributed by atoms with Crippen molar-refractivity contribution in [2.75, 3.05) is 11.1 Å². The van der Waals surface area contributed by atoms with Crippen LogP contribution < -0.4 is 5.32 Å². The van der Waals surface area contributed by atoms with E-state index in [4.69, 9.17) is 0 Å². The molecule has 2 aromatic rings. The summed E-state index contributed by atoms with van der Waals surface area (Å²) in [5.74, 6) is 1.01. The Morgan fingerprint density at radius 1 is 1.29 bits per heavy atom. The SMILES string of the molecule is C=CCn1c(C)nnc1SCC(=O)c1ccc(NC(=O)CC)cc1. The predicted octanol–water partition coefficient (Wildman–Crippen LogP) is 3.10. The van der Waals surface area contributed by atoms with E-state index in [9.17, 15) is 9.59 Å². The maximum absolute atomic E-state index is 12.3. The van der Waals surface area contributed by atoms with Gasteiger partial charge < -0.3 is 9.88 Å². The molecule has 1 amide bonds. The Balaban J connectivity index is 1.97. The Morgan fingerprint density at radius 3 is 2.62 bits per heavy atom. The van der Waals surface area contributed by atoms with Gasteiger partial charge >= 0.3 is 0 Å². The van der Waals surface area contributed by atoms with Gasteiger partial charge in [-0.25, -0.2) is 0 Å². The number of Topliss-reactive ketones (excluding diaryl/α,β-unsaturated/α-hetero) is 1. The largest absolute Gasteiger partial charge is 0.326 e. The van der Waals surface area contributed by atoms with Crippen molar-refractivity contribution in [3.63, 3.8) is 0 Å². The molecule has 0 bridgehead atoms. The van der Waals surface area contributed by atoms with Crippen LogP contribution in [0.25, 0.3) is 0 Å². The van der Waals surface area contributed by atoms with Crippen molar-refractivity contribution < 1.29 is 9.59 Å². The second-order valence-electron chi connectivity index (χ2n) is 5.12. The molecule has 0 spiro atoms. The number of allylic oxidation sites excluding steroid dienone is 1. The van der Waals surface area contributed by atoms with Crippen LogP contribution in [0.1, 0.15) is 29.5 Å². The first kappa shape index (κ1) is 17.9. The smallest absolute Gasteiger partial charge is 0.224 e. The highest BCUT2D eigenvalue weighted by Crippen LogP contribution is 2.19. The molecule has 6 nitrogen and oxygen atoms in total. The lowest BCUT2D eigenvalue weighted by Crippen LogP contribution is -2.10. The van der Waals surface area contributed by atoms with Crippen molar-refractivity contribution in [3.05, 3.63) is 48.3 Å². The van der Waals surface area contributed by atoms with E-state index < -0.39 is 0 Å². The first-order valence-electron chi connectivity index (χ1n) is 7.61. The predicted molar refractivity (Wildman–Crippen MR) is 95.4 cm³/mol. The number of amides is 1. The number of nitrogens with one attached hydrogen (secondary N) is 1. The number of nitrogens with zero attached hydrogens (tertiary/aromatic N) is 3. The molecule has 7 heteroatoms. The van der Waals surface area contributed by atoms with Gasteiger partial charge in [0.1, 0.15) is 5.82 Å². The highest BCUT2D eigenvalue weighted by molar-refractivity contribution is 7.99. The average Bonchev–Trinajstić information content (AvgIpc) is 2.94. The highest BCUT2D eigenvalue weighted by atomic mass is 32.2. The summed E-state index contributed by atoms with van der Waals surface area (Å²) in [5.41, 5.74) is 1.29. The zero-order valence-electron chi connectivity index (χ0n) is 13.8. The van der Waals surface area contributed by atoms with Crippen molar-refractivity contribution in [2.45, 2.75) is 32.0 Å². The molecule has 1 N–H and O–H groups in total. The van der Waals surface area contributed by atoms with Crippen LogP contribution in [0.4, 0.5) is 5.69 Å². The number of rotatable bonds is 8. The number of aryl methyl sites for hydroxylation is 1. The molecule has 0 aliphatic carbocycles. The fourth-order valence-electron chi connectivity index (χ4n) is 2.01. The molecule has 0 fully saturated rings. The normalized spacial score (nSPS) is 10.4. The molecule has 0 unspecified atom stereocenters. The second-order valence-corrected chi connectivity index (χ2v) is 6.06. The highest BCUT2D eigenvalue weighted by Gasteiger charge is 2.12. The Hall–Kier alpha value is -2.41. The van der Waals surface area contributed by atoms with Crippen molar-refractivity contribution in [2.24, 2.45) is 0 Å². The van der Waals surface area contributed by atoms with Crippen LogP contribution in [0.15, 0.2) is 42.1 Å². The fourth-order valence-corrected chi connectivity index (χ4v) is 2.90. The number of benzene rings is 1. The third-order valence-corrected chi connectivity index (χ3v) is 4.32. The van der Waals surface area contributed by atoms with Gasteiger partial charge in [0, 0.05) is 24.2 Å². The van der Waals surface area contributed by atoms with Crippen molar-refractivity contribution in [3.8, 4) is 0 Å². The lowest BCUT2D eigenvalue weighted by Gasteiger charge is -2.06. The number of ketones is 1. The van der Waals surface area contributed by atoms with E-state index in [1.54, 1.807) is 37.3 Å². The van der Waals surface area contributed by atoms with Crippen LogP contribution in [0, 0.1) is 6.92 Å². The number of hydrogen-bond acceptors (Lipinski definition) is 5. The molecule has 1 aromatic heterocycles. The van der Waals surface area contributed by atoms with E-state index >= 15 is 0 Å². The molecular formula is C17H20N4O2S. The van der Waals surface area contributed by atoms with E-state index in [2.05, 4.69) is 22.1 Å². The van der Waals surface area contributed by atoms with E-state index in [1.165, 1.54) is 11.8 Å². The van der Waals surface area contributed by atoms with Gasteiger partial charge in [0.25, 0.3) is 0 Å². The van der Waals surface area contributed by atoms with Crippen LogP contribution in [0.2, 0.25) is 0 Å². The second kappa shape index (κ2) is 8.44. The van der Waals surface area contributed by atoms with Gasteiger partial charge in [-0.15, -0.1) is 16.8 Å². The van der Waals surface area contributed by atoms with Gasteiger partial charge in [-0.3, -0.25) is 9.59 Å². The van der Waals surface area contributed by atoms with E-state index in [0.717, 1.165) is 5.82 Å². The Morgan fingerprint density at radius 2 is 2.00 bits per heavy atom. The molecule has 2 rings (SSSR count). The third kappa shape index (κ3) is 4.55. The van der Waals surface area contributed by atoms with Gasteiger partial charge in [0.15, 0.2) is 10.9 Å². The minimum atomic E-state index is -0.0541. The van der Waals surface area contributed by atoms with Gasteiger partial charge in [-0.05, 0) is 31.2 Å². The van der Waals surface area contributed by atoms with Crippen molar-refractivity contribution >= 4 is 29.1 Å². The fraction of sp³-hybridized carbons (Fsp3) is 0.294. The molecular weight excluding hydrogens is 324 g/mol. The number of anilines is 1. The quantitative estimate of drug-likeness (QED) is 0.452. The molecule has 126 valence electrons. The van der Waals surface area contributed by atoms with Gasteiger partial charge in [-0.1, -0.05) is 24.8 Å². The number of carbonyl (C=O) groups excluding carboxylic acids is 2. The number of carbonyl (C=O) groups is 2. The van der Waals surface area contributed by atoms with Crippen molar-refractivity contribution in [1.82, 2.24) is 14.8 Å². The topological polar surface area (TPSA) is 76.9 Å². The Kier molecular flexibility index (Phi) is 6.31. The number of hydrogen-bond donors (Lipinski definition) is 1. The van der Waals surface area contributed by atoms with E-state index in [0.29, 0.717) is 29.4 Å². The molecule has 24 heavy (non-hydrogen) atoms. The first-order chi connectivity index (χ1) is 11.5. The molecule has 0 saturated carbocycles. The molecule has 1 aromatic carbocycles. The summed E-state index contributed by atoms with van der Waals surface area (Å²) < 4.78 is 1.91. The van der Waals surface area contributed by atoms with E-state index in [-0.39, 0.29) is 17.4 Å². The zero-order chi connectivity index (χ0) is 17.5. The van der Waals surface area contributed by atoms with Crippen LogP contribution >= 0.6 is 11.8 Å². The Labute approximate surface area is 145 Å². The maximum atomic E-state index is 12.3. The van der Waals surface area contributed by atoms with Crippen LogP contribution in [0.3, 0.4) is 0 Å². The maximum Gasteiger partial charge on any atom is 0.224 e. The number of aromatic nitrogens is 3. The minimum Gasteiger partial charge on any atom is -0.326 e. The molecule has 0 saturated heterocycles. The summed E-state index contributed by atoms with van der Waals surface area (Å²) in [4.78, 5) is 23.6. The van der Waals surface area contributed by atoms with Crippen LogP contribution in [-0.2, 0) is 11.3 Å². The molecule has 0 aliphatic heterocycles. The summed E-state index contributed by atoms with van der Waals surface area (Å²) in [6, 6.07) is 6.90. The lowest BCUT2D eigenvalue weighted by molar-refractivity contribution is -0.115. The average molecular weight is 344 g/mol. The van der Waals surface area contributed by atoms with Crippen LogP contribution in [-0.4, -0.2) is 32.2 Å². The number of thioether (sulfide) groups is 1. The molecule has 0 atom stereocenters. The molecule has 1 heterocycles. The van der Waals surface area contributed by atoms with Crippen molar-refractivity contribution in [1.29, 1.82) is 0 Å². The standard InChI is InChI=1S/C17H20N4O2S/c1-4-10-21-12(3)19-20-17(21)24-11-15(22)13-6-8-14(9-7-13)18-16(23)5-2/h4,6-9H,1,5,10-11H2,2-3H3,(H,18,23). The summed E-state index contributed by atoms with van der Waals surface area (Å²) in [7, 11) is 0.